The fourth-order valence-corrected chi connectivity index (χ4v) is 2.72. The van der Waals surface area contributed by atoms with E-state index in [9.17, 15) is 27.6 Å². The van der Waals surface area contributed by atoms with Crippen LogP contribution >= 0.6 is 0 Å². The highest BCUT2D eigenvalue weighted by Gasteiger charge is 2.32. The number of nitrogens with zero attached hydrogens (tertiary/aromatic N) is 1. The standard InChI is InChI=1S/C17H19F3N2O4/c1-26-15(24)8-21-16(25)12-5-6-14(23)22(10-12)9-11-3-2-4-13(7-11)17(18,19)20/h2-4,7,12H,5-6,8-10H2,1H3,(H,21,25)/t12-/m0/s1. The maximum Gasteiger partial charge on any atom is 0.416 e. The Balaban J connectivity index is 2.01. The summed E-state index contributed by atoms with van der Waals surface area (Å²) in [5.74, 6) is -1.73. The van der Waals surface area contributed by atoms with Crippen LogP contribution in [0.4, 0.5) is 13.2 Å². The molecule has 9 heteroatoms. The summed E-state index contributed by atoms with van der Waals surface area (Å²) in [5, 5.41) is 2.43. The van der Waals surface area contributed by atoms with Gasteiger partial charge >= 0.3 is 12.1 Å². The molecule has 2 amide bonds. The van der Waals surface area contributed by atoms with Crippen LogP contribution in [0.15, 0.2) is 24.3 Å². The molecule has 1 saturated heterocycles. The molecule has 0 unspecified atom stereocenters. The zero-order valence-corrected chi connectivity index (χ0v) is 14.1. The highest BCUT2D eigenvalue weighted by Crippen LogP contribution is 2.30. The SMILES string of the molecule is COC(=O)CNC(=O)[C@H]1CCC(=O)N(Cc2cccc(C(F)(F)F)c2)C1. The van der Waals surface area contributed by atoms with Crippen LogP contribution in [0.5, 0.6) is 0 Å². The molecule has 0 spiro atoms. The molecular weight excluding hydrogens is 353 g/mol. The molecule has 0 aliphatic carbocycles. The summed E-state index contributed by atoms with van der Waals surface area (Å²) < 4.78 is 42.8. The van der Waals surface area contributed by atoms with Crippen LogP contribution < -0.4 is 5.32 Å². The van der Waals surface area contributed by atoms with Crippen molar-refractivity contribution in [3.63, 3.8) is 0 Å². The number of halogens is 3. The molecule has 1 N–H and O–H groups in total. The third kappa shape index (κ3) is 5.21. The molecule has 1 aliphatic heterocycles. The largest absolute Gasteiger partial charge is 0.468 e. The predicted octanol–water partition coefficient (Wildman–Crippen LogP) is 1.73. The highest BCUT2D eigenvalue weighted by atomic mass is 19.4. The van der Waals surface area contributed by atoms with Crippen LogP contribution in [0, 0.1) is 5.92 Å². The minimum Gasteiger partial charge on any atom is -0.468 e. The van der Waals surface area contributed by atoms with Crippen LogP contribution in [0.2, 0.25) is 0 Å². The second-order valence-electron chi connectivity index (χ2n) is 6.00. The lowest BCUT2D eigenvalue weighted by Crippen LogP contribution is -2.46. The van der Waals surface area contributed by atoms with Gasteiger partial charge in [-0.3, -0.25) is 14.4 Å². The lowest BCUT2D eigenvalue weighted by Gasteiger charge is -2.32. The Morgan fingerprint density at radius 2 is 2.08 bits per heavy atom. The number of benzene rings is 1. The van der Waals surface area contributed by atoms with Crippen LogP contribution in [-0.2, 0) is 31.8 Å². The Labute approximate surface area is 148 Å². The van der Waals surface area contributed by atoms with Crippen molar-refractivity contribution in [1.82, 2.24) is 10.2 Å². The molecule has 1 fully saturated rings. The summed E-state index contributed by atoms with van der Waals surface area (Å²) in [5.41, 5.74) is -0.448. The number of amides is 2. The molecule has 142 valence electrons. The van der Waals surface area contributed by atoms with Gasteiger partial charge in [-0.15, -0.1) is 0 Å². The number of piperidine rings is 1. The van der Waals surface area contributed by atoms with Crippen LogP contribution in [0.25, 0.3) is 0 Å². The van der Waals surface area contributed by atoms with Gasteiger partial charge in [-0.1, -0.05) is 12.1 Å². The molecule has 0 aromatic heterocycles. The molecule has 1 aromatic rings. The number of carbonyl (C=O) groups excluding carboxylic acids is 3. The van der Waals surface area contributed by atoms with Crippen molar-refractivity contribution in [3.05, 3.63) is 35.4 Å². The average molecular weight is 372 g/mol. The van der Waals surface area contributed by atoms with Crippen LogP contribution in [0.1, 0.15) is 24.0 Å². The maximum absolute atomic E-state index is 12.8. The molecule has 0 bridgehead atoms. The van der Waals surface area contributed by atoms with Crippen molar-refractivity contribution in [2.75, 3.05) is 20.2 Å². The van der Waals surface area contributed by atoms with Crippen molar-refractivity contribution in [1.29, 1.82) is 0 Å². The highest BCUT2D eigenvalue weighted by molar-refractivity contribution is 5.86. The molecule has 0 saturated carbocycles. The zero-order valence-electron chi connectivity index (χ0n) is 14.1. The number of esters is 1. The lowest BCUT2D eigenvalue weighted by atomic mass is 9.96. The smallest absolute Gasteiger partial charge is 0.416 e. The Kier molecular flexibility index (Phi) is 6.23. The first-order valence-electron chi connectivity index (χ1n) is 7.99. The summed E-state index contributed by atoms with van der Waals surface area (Å²) in [6, 6.07) is 4.75. The Bertz CT molecular complexity index is 691. The van der Waals surface area contributed by atoms with Gasteiger partial charge in [0, 0.05) is 19.5 Å². The number of rotatable bonds is 5. The Hall–Kier alpha value is -2.58. The summed E-state index contributed by atoms with van der Waals surface area (Å²) in [4.78, 5) is 36.6. The van der Waals surface area contributed by atoms with Gasteiger partial charge in [-0.2, -0.15) is 13.2 Å². The number of likely N-dealkylation sites (tertiary alicyclic amines) is 1. The second-order valence-corrected chi connectivity index (χ2v) is 6.00. The fraction of sp³-hybridized carbons (Fsp3) is 0.471. The molecule has 0 radical (unpaired) electrons. The van der Waals surface area contributed by atoms with Gasteiger partial charge in [0.15, 0.2) is 0 Å². The molecule has 1 atom stereocenters. The Morgan fingerprint density at radius 3 is 2.73 bits per heavy atom. The van der Waals surface area contributed by atoms with E-state index < -0.39 is 29.5 Å². The summed E-state index contributed by atoms with van der Waals surface area (Å²) in [6.07, 6.45) is -4.02. The van der Waals surface area contributed by atoms with E-state index >= 15 is 0 Å². The van der Waals surface area contributed by atoms with Gasteiger partial charge in [0.1, 0.15) is 6.54 Å². The molecule has 26 heavy (non-hydrogen) atoms. The van der Waals surface area contributed by atoms with E-state index in [0.29, 0.717) is 12.0 Å². The topological polar surface area (TPSA) is 75.7 Å². The van der Waals surface area contributed by atoms with Crippen LogP contribution in [0.3, 0.4) is 0 Å². The van der Waals surface area contributed by atoms with Crippen LogP contribution in [-0.4, -0.2) is 42.9 Å². The molecule has 1 aromatic carbocycles. The number of ether oxygens (including phenoxy) is 1. The molecule has 1 heterocycles. The van der Waals surface area contributed by atoms with E-state index in [1.54, 1.807) is 0 Å². The maximum atomic E-state index is 12.8. The first-order valence-corrected chi connectivity index (χ1v) is 7.99. The minimum absolute atomic E-state index is 0.0104. The van der Waals surface area contributed by atoms with E-state index in [4.69, 9.17) is 0 Å². The van der Waals surface area contributed by atoms with Gasteiger partial charge < -0.3 is 15.0 Å². The number of methoxy groups -OCH3 is 1. The fourth-order valence-electron chi connectivity index (χ4n) is 2.72. The first-order chi connectivity index (χ1) is 12.2. The summed E-state index contributed by atoms with van der Waals surface area (Å²) in [6.45, 7) is -0.195. The quantitative estimate of drug-likeness (QED) is 0.799. The normalized spacial score (nSPS) is 17.8. The zero-order chi connectivity index (χ0) is 19.3. The van der Waals surface area contributed by atoms with E-state index in [-0.39, 0.29) is 32.0 Å². The van der Waals surface area contributed by atoms with Crippen molar-refractivity contribution >= 4 is 17.8 Å². The van der Waals surface area contributed by atoms with E-state index in [0.717, 1.165) is 12.1 Å². The Morgan fingerprint density at radius 1 is 1.35 bits per heavy atom. The molecule has 2 rings (SSSR count). The summed E-state index contributed by atoms with van der Waals surface area (Å²) in [7, 11) is 1.20. The first kappa shape index (κ1) is 19.7. The third-order valence-corrected chi connectivity index (χ3v) is 4.13. The van der Waals surface area contributed by atoms with E-state index in [1.807, 2.05) is 0 Å². The lowest BCUT2D eigenvalue weighted by molar-refractivity contribution is -0.143. The van der Waals surface area contributed by atoms with Crippen molar-refractivity contribution in [2.24, 2.45) is 5.92 Å². The predicted molar refractivity (Wildman–Crippen MR) is 84.6 cm³/mol. The van der Waals surface area contributed by atoms with E-state index in [1.165, 1.54) is 24.1 Å². The van der Waals surface area contributed by atoms with Gasteiger partial charge in [-0.25, -0.2) is 0 Å². The second kappa shape index (κ2) is 8.20. The van der Waals surface area contributed by atoms with Gasteiger partial charge in [0.25, 0.3) is 0 Å². The number of hydrogen-bond donors (Lipinski definition) is 1. The van der Waals surface area contributed by atoms with Gasteiger partial charge in [0.05, 0.1) is 18.6 Å². The van der Waals surface area contributed by atoms with Gasteiger partial charge in [0.2, 0.25) is 11.8 Å². The number of alkyl halides is 3. The third-order valence-electron chi connectivity index (χ3n) is 4.13. The summed E-state index contributed by atoms with van der Waals surface area (Å²) >= 11 is 0. The minimum atomic E-state index is -4.46. The number of carbonyl (C=O) groups is 3. The number of nitrogens with one attached hydrogen (secondary N) is 1. The number of hydrogen-bond acceptors (Lipinski definition) is 4. The average Bonchev–Trinajstić information content (AvgIpc) is 2.60. The molecular formula is C17H19F3N2O4. The molecule has 1 aliphatic rings. The monoisotopic (exact) mass is 372 g/mol. The van der Waals surface area contributed by atoms with Crippen molar-refractivity contribution < 1.29 is 32.3 Å². The van der Waals surface area contributed by atoms with E-state index in [2.05, 4.69) is 10.1 Å². The van der Waals surface area contributed by atoms with Gasteiger partial charge in [-0.05, 0) is 24.1 Å². The van der Waals surface area contributed by atoms with Crippen molar-refractivity contribution in [3.8, 4) is 0 Å². The molecule has 6 nitrogen and oxygen atoms in total. The van der Waals surface area contributed by atoms with Crippen molar-refractivity contribution in [2.45, 2.75) is 25.6 Å².